The first-order valence-corrected chi connectivity index (χ1v) is 18.9. The van der Waals surface area contributed by atoms with E-state index in [0.717, 1.165) is 59.7 Å². The Balaban J connectivity index is 1.11. The summed E-state index contributed by atoms with van der Waals surface area (Å²) in [7, 11) is 1.54. The molecule has 0 spiro atoms. The van der Waals surface area contributed by atoms with E-state index in [0.29, 0.717) is 19.5 Å². The van der Waals surface area contributed by atoms with E-state index in [4.69, 9.17) is 9.47 Å². The number of carbonyl (C=O) groups excluding carboxylic acids is 4. The maximum absolute atomic E-state index is 14.9. The normalized spacial score (nSPS) is 21.1. The second kappa shape index (κ2) is 16.1. The largest absolute Gasteiger partial charge is 0.445 e. The molecule has 3 fully saturated rings. The van der Waals surface area contributed by atoms with Crippen LogP contribution in [0.1, 0.15) is 68.1 Å². The maximum Gasteiger partial charge on any atom is 0.410 e. The van der Waals surface area contributed by atoms with E-state index in [1.807, 2.05) is 90.0 Å². The van der Waals surface area contributed by atoms with E-state index in [2.05, 4.69) is 16.4 Å². The molecule has 53 heavy (non-hydrogen) atoms. The molecule has 278 valence electrons. The standard InChI is InChI=1S/C42H49N5O6/c1-28(45(2)41(50)52-26-29-14-6-3-7-15-29)39(48)44-37(31-18-10-5-11-19-31)40(49)46-23-22-36-38(46)34(33-24-43-35-21-13-12-20-32(33)35)25-47(36)42(51)53-27-30-16-8-4-9-17-30/h3-4,6-9,12-17,20-21,24,28,31,34,36-38,43H,5,10-11,18-19,22-23,25-27H2,1-2H3,(H,44,48)/t28-,34-,36+,37?,38?/m0/s1. The summed E-state index contributed by atoms with van der Waals surface area (Å²) < 4.78 is 11.3. The van der Waals surface area contributed by atoms with Crippen molar-refractivity contribution in [1.82, 2.24) is 25.0 Å². The third-order valence-corrected chi connectivity index (χ3v) is 11.5. The number of para-hydroxylation sites is 1. The number of nitrogens with one attached hydrogen (secondary N) is 2. The Labute approximate surface area is 310 Å². The van der Waals surface area contributed by atoms with Gasteiger partial charge in [-0.25, -0.2) is 9.59 Å². The molecule has 1 aliphatic carbocycles. The molecule has 0 radical (unpaired) electrons. The molecule has 3 aromatic carbocycles. The Hall–Kier alpha value is -5.32. The van der Waals surface area contributed by atoms with Crippen LogP contribution in [0.15, 0.2) is 91.1 Å². The maximum atomic E-state index is 14.9. The highest BCUT2D eigenvalue weighted by Gasteiger charge is 2.54. The minimum Gasteiger partial charge on any atom is -0.445 e. The molecule has 3 aliphatic rings. The van der Waals surface area contributed by atoms with Gasteiger partial charge in [0.05, 0.1) is 12.1 Å². The van der Waals surface area contributed by atoms with Gasteiger partial charge in [0.2, 0.25) is 11.8 Å². The van der Waals surface area contributed by atoms with Crippen LogP contribution in [-0.4, -0.2) is 88.0 Å². The average molecular weight is 720 g/mol. The zero-order valence-electron chi connectivity index (χ0n) is 30.5. The Morgan fingerprint density at radius 2 is 1.47 bits per heavy atom. The number of aromatic nitrogens is 1. The van der Waals surface area contributed by atoms with Crippen LogP contribution in [-0.2, 0) is 32.3 Å². The summed E-state index contributed by atoms with van der Waals surface area (Å²) in [5.74, 6) is -0.751. The van der Waals surface area contributed by atoms with Crippen molar-refractivity contribution in [2.75, 3.05) is 20.1 Å². The topological polar surface area (TPSA) is 124 Å². The first-order valence-electron chi connectivity index (χ1n) is 18.9. The van der Waals surface area contributed by atoms with Crippen molar-refractivity contribution < 1.29 is 28.7 Å². The molecule has 2 N–H and O–H groups in total. The lowest BCUT2D eigenvalue weighted by Gasteiger charge is -2.37. The number of likely N-dealkylation sites (N-methyl/N-ethyl adjacent to an activating group) is 1. The van der Waals surface area contributed by atoms with Gasteiger partial charge in [-0.2, -0.15) is 0 Å². The number of hydrogen-bond donors (Lipinski definition) is 2. The average Bonchev–Trinajstić information content (AvgIpc) is 3.93. The Bertz CT molecular complexity index is 1890. The van der Waals surface area contributed by atoms with Crippen molar-refractivity contribution in [3.8, 4) is 0 Å². The van der Waals surface area contributed by atoms with E-state index in [9.17, 15) is 19.2 Å². The molecular weight excluding hydrogens is 670 g/mol. The summed E-state index contributed by atoms with van der Waals surface area (Å²) in [6, 6.07) is 24.9. The number of rotatable bonds is 10. The van der Waals surface area contributed by atoms with Gasteiger partial charge >= 0.3 is 12.2 Å². The number of amides is 4. The molecule has 11 nitrogen and oxygen atoms in total. The van der Waals surface area contributed by atoms with E-state index in [1.54, 1.807) is 11.8 Å². The first-order chi connectivity index (χ1) is 25.8. The zero-order valence-corrected chi connectivity index (χ0v) is 30.5. The molecule has 3 heterocycles. The van der Waals surface area contributed by atoms with Crippen molar-refractivity contribution >= 4 is 34.9 Å². The number of carbonyl (C=O) groups is 4. The van der Waals surface area contributed by atoms with Crippen LogP contribution in [0.25, 0.3) is 10.9 Å². The Morgan fingerprint density at radius 1 is 0.830 bits per heavy atom. The predicted octanol–water partition coefficient (Wildman–Crippen LogP) is 6.60. The number of benzene rings is 3. The van der Waals surface area contributed by atoms with E-state index in [1.165, 1.54) is 11.9 Å². The zero-order chi connectivity index (χ0) is 36.9. The van der Waals surface area contributed by atoms with Crippen molar-refractivity contribution in [3.05, 3.63) is 108 Å². The first kappa shape index (κ1) is 36.1. The molecule has 4 amide bonds. The third kappa shape index (κ3) is 7.75. The summed E-state index contributed by atoms with van der Waals surface area (Å²) in [5.41, 5.74) is 3.80. The second-order valence-corrected chi connectivity index (χ2v) is 14.7. The van der Waals surface area contributed by atoms with Gasteiger partial charge in [-0.3, -0.25) is 14.5 Å². The lowest BCUT2D eigenvalue weighted by Crippen LogP contribution is -2.58. The lowest BCUT2D eigenvalue weighted by atomic mass is 9.82. The number of H-pyrrole nitrogens is 1. The lowest BCUT2D eigenvalue weighted by molar-refractivity contribution is -0.140. The van der Waals surface area contributed by atoms with Gasteiger partial charge in [-0.05, 0) is 54.9 Å². The fraction of sp³-hybridized carbons (Fsp3) is 0.429. The fourth-order valence-electron chi connectivity index (χ4n) is 8.49. The van der Waals surface area contributed by atoms with Crippen molar-refractivity contribution in [2.45, 2.75) is 88.7 Å². The highest BCUT2D eigenvalue weighted by molar-refractivity contribution is 5.92. The Morgan fingerprint density at radius 3 is 2.17 bits per heavy atom. The van der Waals surface area contributed by atoms with E-state index < -0.39 is 30.2 Å². The van der Waals surface area contributed by atoms with Crippen LogP contribution in [0, 0.1) is 5.92 Å². The summed E-state index contributed by atoms with van der Waals surface area (Å²) >= 11 is 0. The molecule has 2 unspecified atom stereocenters. The van der Waals surface area contributed by atoms with Crippen molar-refractivity contribution in [3.63, 3.8) is 0 Å². The molecule has 11 heteroatoms. The fourth-order valence-corrected chi connectivity index (χ4v) is 8.49. The summed E-state index contributed by atoms with van der Waals surface area (Å²) in [6.07, 6.45) is 6.30. The predicted molar refractivity (Wildman–Crippen MR) is 201 cm³/mol. The molecule has 0 bridgehead atoms. The molecule has 2 aliphatic heterocycles. The molecule has 4 aromatic rings. The number of aromatic amines is 1. The van der Waals surface area contributed by atoms with Gasteiger partial charge < -0.3 is 29.6 Å². The number of likely N-dealkylation sites (tertiary alicyclic amines) is 2. The molecule has 1 saturated carbocycles. The third-order valence-electron chi connectivity index (χ3n) is 11.5. The second-order valence-electron chi connectivity index (χ2n) is 14.7. The highest BCUT2D eigenvalue weighted by Crippen LogP contribution is 2.44. The summed E-state index contributed by atoms with van der Waals surface area (Å²) in [4.78, 5) is 63.9. The van der Waals surface area contributed by atoms with Crippen LogP contribution in [0.4, 0.5) is 9.59 Å². The highest BCUT2D eigenvalue weighted by atomic mass is 16.6. The number of nitrogens with zero attached hydrogens (tertiary/aromatic N) is 3. The monoisotopic (exact) mass is 719 g/mol. The molecule has 7 rings (SSSR count). The number of ether oxygens (including phenoxy) is 2. The molecule has 2 saturated heterocycles. The van der Waals surface area contributed by atoms with Crippen LogP contribution in [0.2, 0.25) is 0 Å². The molecule has 1 aromatic heterocycles. The number of hydrogen-bond acceptors (Lipinski definition) is 6. The summed E-state index contributed by atoms with van der Waals surface area (Å²) in [5, 5.41) is 4.17. The van der Waals surface area contributed by atoms with Crippen LogP contribution >= 0.6 is 0 Å². The summed E-state index contributed by atoms with van der Waals surface area (Å²) in [6.45, 7) is 2.76. The van der Waals surface area contributed by atoms with Gasteiger partial charge in [0.1, 0.15) is 25.3 Å². The molecule has 5 atom stereocenters. The van der Waals surface area contributed by atoms with Gasteiger partial charge in [-0.15, -0.1) is 0 Å². The van der Waals surface area contributed by atoms with Crippen molar-refractivity contribution in [2.24, 2.45) is 5.92 Å². The van der Waals surface area contributed by atoms with Crippen molar-refractivity contribution in [1.29, 1.82) is 0 Å². The van der Waals surface area contributed by atoms with Gasteiger partial charge in [-0.1, -0.05) is 98.1 Å². The minimum absolute atomic E-state index is 0.0401. The van der Waals surface area contributed by atoms with E-state index in [-0.39, 0.29) is 43.0 Å². The van der Waals surface area contributed by atoms with E-state index >= 15 is 0 Å². The smallest absolute Gasteiger partial charge is 0.410 e. The van der Waals surface area contributed by atoms with Crippen LogP contribution < -0.4 is 5.32 Å². The van der Waals surface area contributed by atoms with Gasteiger partial charge in [0.25, 0.3) is 0 Å². The van der Waals surface area contributed by atoms with Gasteiger partial charge in [0.15, 0.2) is 0 Å². The van der Waals surface area contributed by atoms with Crippen LogP contribution in [0.5, 0.6) is 0 Å². The number of fused-ring (bicyclic) bond motifs is 2. The quantitative estimate of drug-likeness (QED) is 0.191. The van der Waals surface area contributed by atoms with Crippen LogP contribution in [0.3, 0.4) is 0 Å². The van der Waals surface area contributed by atoms with Gasteiger partial charge in [0, 0.05) is 43.2 Å². The Kier molecular flexibility index (Phi) is 11.0. The molecular formula is C42H49N5O6. The minimum atomic E-state index is -0.871. The SMILES string of the molecule is C[C@@H](C(=O)NC(C(=O)N1CC[C@@H]2C1[C@H](c1c[nH]c3ccccc13)CN2C(=O)OCc1ccccc1)C1CCCCC1)N(C)C(=O)OCc1ccccc1.